The van der Waals surface area contributed by atoms with Gasteiger partial charge < -0.3 is 28.4 Å². The van der Waals surface area contributed by atoms with Crippen molar-refractivity contribution < 1.29 is 47.6 Å². The monoisotopic (exact) mass is 576 g/mol. The molecule has 0 rings (SSSR count). The predicted octanol–water partition coefficient (Wildman–Crippen LogP) is 6.50. The van der Waals surface area contributed by atoms with E-state index in [1.165, 1.54) is 27.7 Å². The maximum Gasteiger partial charge on any atom is 0.307 e. The van der Waals surface area contributed by atoms with Gasteiger partial charge in [-0.25, -0.2) is 0 Å². The van der Waals surface area contributed by atoms with E-state index in [1.807, 2.05) is 27.7 Å². The maximum absolute atomic E-state index is 10.5. The average Bonchev–Trinajstić information content (AvgIpc) is 2.79. The first-order valence-corrected chi connectivity index (χ1v) is 12.6. The Bertz CT molecular complexity index is 605. The van der Waals surface area contributed by atoms with Crippen molar-refractivity contribution in [2.24, 2.45) is 0 Å². The predicted molar refractivity (Wildman–Crippen MR) is 160 cm³/mol. The molecule has 10 nitrogen and oxygen atoms in total. The van der Waals surface area contributed by atoms with Crippen LogP contribution in [-0.4, -0.2) is 62.5 Å². The minimum absolute atomic E-state index is 0.216. The second-order valence-corrected chi connectivity index (χ2v) is 7.77. The van der Waals surface area contributed by atoms with Crippen LogP contribution >= 0.6 is 0 Å². The molecule has 0 aliphatic heterocycles. The molecule has 0 aromatic heterocycles. The zero-order valence-corrected chi connectivity index (χ0v) is 26.9. The molecule has 40 heavy (non-hydrogen) atoms. The highest BCUT2D eigenvalue weighted by molar-refractivity contribution is 5.67. The summed E-state index contributed by atoms with van der Waals surface area (Å²) >= 11 is 0. The summed E-state index contributed by atoms with van der Waals surface area (Å²) in [6.45, 7) is 29.8. The molecule has 0 bridgehead atoms. The average molecular weight is 577 g/mol. The van der Waals surface area contributed by atoms with Crippen LogP contribution in [0.15, 0.2) is 51.0 Å². The van der Waals surface area contributed by atoms with Gasteiger partial charge in [0.15, 0.2) is 0 Å². The standard InChI is InChI=1S/C9H16O4.C7H16O2.2C4H6O2.2C3H6/c1-6(12-8(3)10)5-7(2)13-9(4)11;1-6(8-3)5-7(2)9-4;2*1-3-6-4(2)5;2*1-3-2/h6-7H,5H2,1-4H3;6-7H,5H2,1-4H3;2*3H,1H2,2H3;2*3H,1H2,2H3. The van der Waals surface area contributed by atoms with E-state index in [-0.39, 0.29) is 36.1 Å². The number of carbonyl (C=O) groups excluding carboxylic acids is 4. The molecule has 0 heterocycles. The molecule has 0 N–H and O–H groups in total. The molecule has 4 atom stereocenters. The lowest BCUT2D eigenvalue weighted by atomic mass is 10.2. The Hall–Kier alpha value is -3.24. The highest BCUT2D eigenvalue weighted by Gasteiger charge is 2.12. The molecule has 4 unspecified atom stereocenters. The minimum atomic E-state index is -0.329. The van der Waals surface area contributed by atoms with Gasteiger partial charge in [-0.05, 0) is 48.0 Å². The summed E-state index contributed by atoms with van der Waals surface area (Å²) in [7, 11) is 3.43. The van der Waals surface area contributed by atoms with E-state index in [2.05, 4.69) is 35.8 Å². The van der Waals surface area contributed by atoms with Crippen LogP contribution in [-0.2, 0) is 47.6 Å². The molecule has 0 radical (unpaired) electrons. The smallest absolute Gasteiger partial charge is 0.307 e. The van der Waals surface area contributed by atoms with Crippen molar-refractivity contribution in [3.63, 3.8) is 0 Å². The number of hydrogen-bond donors (Lipinski definition) is 0. The van der Waals surface area contributed by atoms with Crippen LogP contribution in [0.4, 0.5) is 0 Å². The zero-order chi connectivity index (χ0) is 33.1. The van der Waals surface area contributed by atoms with Crippen LogP contribution in [0.1, 0.15) is 82.1 Å². The van der Waals surface area contributed by atoms with E-state index in [0.29, 0.717) is 18.6 Å². The highest BCUT2D eigenvalue weighted by Crippen LogP contribution is 2.06. The number of esters is 4. The first-order chi connectivity index (χ1) is 18.5. The topological polar surface area (TPSA) is 124 Å². The third-order valence-corrected chi connectivity index (χ3v) is 3.37. The van der Waals surface area contributed by atoms with Gasteiger partial charge in [0.05, 0.1) is 24.7 Å². The molecule has 0 amide bonds. The number of rotatable bonds is 10. The van der Waals surface area contributed by atoms with E-state index in [9.17, 15) is 19.2 Å². The Labute approximate surface area is 243 Å². The van der Waals surface area contributed by atoms with Crippen molar-refractivity contribution in [3.05, 3.63) is 51.0 Å². The van der Waals surface area contributed by atoms with Gasteiger partial charge in [0.25, 0.3) is 0 Å². The molecular weight excluding hydrogens is 520 g/mol. The number of ether oxygens (including phenoxy) is 6. The fourth-order valence-electron chi connectivity index (χ4n) is 2.02. The van der Waals surface area contributed by atoms with Crippen LogP contribution < -0.4 is 0 Å². The van der Waals surface area contributed by atoms with E-state index >= 15 is 0 Å². The molecule has 10 heteroatoms. The third-order valence-electron chi connectivity index (χ3n) is 3.37. The molecule has 0 aliphatic carbocycles. The van der Waals surface area contributed by atoms with Crippen molar-refractivity contribution in [2.75, 3.05) is 14.2 Å². The van der Waals surface area contributed by atoms with Crippen molar-refractivity contribution >= 4 is 23.9 Å². The minimum Gasteiger partial charge on any atom is -0.463 e. The van der Waals surface area contributed by atoms with E-state index in [0.717, 1.165) is 18.9 Å². The first kappa shape index (κ1) is 49.7. The molecule has 0 aromatic carbocycles. The summed E-state index contributed by atoms with van der Waals surface area (Å²) in [6, 6.07) is 0. The lowest BCUT2D eigenvalue weighted by Crippen LogP contribution is -2.21. The van der Waals surface area contributed by atoms with E-state index in [4.69, 9.17) is 18.9 Å². The molecule has 0 saturated heterocycles. The maximum atomic E-state index is 10.5. The Kier molecular flexibility index (Phi) is 50.0. The van der Waals surface area contributed by atoms with Crippen LogP contribution in [0.5, 0.6) is 0 Å². The van der Waals surface area contributed by atoms with Gasteiger partial charge in [0, 0.05) is 48.3 Å². The highest BCUT2D eigenvalue weighted by atomic mass is 16.6. The normalized spacial score (nSPS) is 11.3. The molecule has 0 saturated carbocycles. The van der Waals surface area contributed by atoms with Crippen molar-refractivity contribution in [2.45, 2.75) is 106 Å². The third kappa shape index (κ3) is 76.5. The molecule has 0 spiro atoms. The molecular formula is C30H56O10. The Morgan fingerprint density at radius 3 is 0.900 bits per heavy atom. The number of methoxy groups -OCH3 is 2. The number of allylic oxidation sites excluding steroid dienone is 2. The largest absolute Gasteiger partial charge is 0.463 e. The zero-order valence-electron chi connectivity index (χ0n) is 26.9. The second-order valence-electron chi connectivity index (χ2n) is 7.77. The quantitative estimate of drug-likeness (QED) is 0.123. The van der Waals surface area contributed by atoms with E-state index < -0.39 is 0 Å². The summed E-state index contributed by atoms with van der Waals surface area (Å²) in [5.41, 5.74) is 0. The molecule has 0 aromatic rings. The summed E-state index contributed by atoms with van der Waals surface area (Å²) in [5, 5.41) is 0. The van der Waals surface area contributed by atoms with Crippen LogP contribution in [0, 0.1) is 0 Å². The lowest BCUT2D eigenvalue weighted by molar-refractivity contribution is -0.151. The van der Waals surface area contributed by atoms with Crippen LogP contribution in [0.3, 0.4) is 0 Å². The van der Waals surface area contributed by atoms with Gasteiger partial charge in [-0.3, -0.25) is 19.2 Å². The molecule has 236 valence electrons. The van der Waals surface area contributed by atoms with Crippen molar-refractivity contribution in [1.82, 2.24) is 0 Å². The van der Waals surface area contributed by atoms with Gasteiger partial charge in [-0.1, -0.05) is 25.3 Å². The fourth-order valence-corrected chi connectivity index (χ4v) is 2.02. The van der Waals surface area contributed by atoms with Crippen LogP contribution in [0.2, 0.25) is 0 Å². The number of hydrogen-bond acceptors (Lipinski definition) is 10. The molecule has 0 fully saturated rings. The van der Waals surface area contributed by atoms with Crippen LogP contribution in [0.25, 0.3) is 0 Å². The molecule has 0 aliphatic rings. The van der Waals surface area contributed by atoms with E-state index in [1.54, 1.807) is 40.2 Å². The summed E-state index contributed by atoms with van der Waals surface area (Å²) < 4.78 is 28.2. The Morgan fingerprint density at radius 2 is 0.775 bits per heavy atom. The van der Waals surface area contributed by atoms with Crippen molar-refractivity contribution in [1.29, 1.82) is 0 Å². The SMILES string of the molecule is C=CC.C=CC.C=COC(C)=O.C=COC(C)=O.CC(=O)OC(C)CC(C)OC(C)=O.COC(C)CC(C)OC. The second kappa shape index (κ2) is 40.3. The number of carbonyl (C=O) groups is 4. The Balaban J connectivity index is -0.0000000939. The lowest BCUT2D eigenvalue weighted by Gasteiger charge is -2.16. The fraction of sp³-hybridized carbons (Fsp3) is 0.600. The summed E-state index contributed by atoms with van der Waals surface area (Å²) in [6.07, 6.45) is 7.37. The summed E-state index contributed by atoms with van der Waals surface area (Å²) in [5.74, 6) is -1.29. The van der Waals surface area contributed by atoms with Gasteiger partial charge >= 0.3 is 23.9 Å². The van der Waals surface area contributed by atoms with Gasteiger partial charge in [-0.2, -0.15) is 0 Å². The van der Waals surface area contributed by atoms with Gasteiger partial charge in [-0.15, -0.1) is 13.2 Å². The Morgan fingerprint density at radius 1 is 0.550 bits per heavy atom. The summed E-state index contributed by atoms with van der Waals surface area (Å²) in [4.78, 5) is 40.6. The van der Waals surface area contributed by atoms with Crippen molar-refractivity contribution in [3.8, 4) is 0 Å². The first-order valence-electron chi connectivity index (χ1n) is 12.6. The van der Waals surface area contributed by atoms with Gasteiger partial charge in [0.1, 0.15) is 12.2 Å². The van der Waals surface area contributed by atoms with Gasteiger partial charge in [0.2, 0.25) is 0 Å².